The van der Waals surface area contributed by atoms with Crippen LogP contribution < -0.4 is 5.32 Å². The highest BCUT2D eigenvalue weighted by Gasteiger charge is 2.26. The number of hydrogen-bond acceptors (Lipinski definition) is 5. The van der Waals surface area contributed by atoms with Gasteiger partial charge in [0, 0.05) is 17.0 Å². The number of aryl methyl sites for hydroxylation is 2. The third-order valence-electron chi connectivity index (χ3n) is 3.20. The lowest BCUT2D eigenvalue weighted by molar-refractivity contribution is 1.05. The first-order valence-electron chi connectivity index (χ1n) is 6.28. The van der Waals surface area contributed by atoms with Crippen molar-refractivity contribution in [3.63, 3.8) is 0 Å². The van der Waals surface area contributed by atoms with Crippen LogP contribution in [0.3, 0.4) is 0 Å². The average molecular weight is 270 g/mol. The molecule has 0 aromatic carbocycles. The van der Waals surface area contributed by atoms with Crippen LogP contribution >= 0.6 is 11.3 Å². The highest BCUT2D eigenvalue weighted by Crippen LogP contribution is 2.41. The van der Waals surface area contributed by atoms with Crippen molar-refractivity contribution in [1.82, 2.24) is 9.97 Å². The molecule has 0 bridgehead atoms. The molecule has 1 aliphatic rings. The number of hydrogen-bond donors (Lipinski definition) is 1. The fourth-order valence-corrected chi connectivity index (χ4v) is 2.90. The number of nitriles is 1. The van der Waals surface area contributed by atoms with E-state index < -0.39 is 0 Å². The highest BCUT2D eigenvalue weighted by molar-refractivity contribution is 7.13. The number of rotatable bonds is 3. The molecule has 3 rings (SSSR count). The fourth-order valence-electron chi connectivity index (χ4n) is 2.09. The van der Waals surface area contributed by atoms with Crippen molar-refractivity contribution < 1.29 is 0 Å². The predicted octanol–water partition coefficient (Wildman–Crippen LogP) is 3.65. The second-order valence-electron chi connectivity index (χ2n) is 4.86. The van der Waals surface area contributed by atoms with E-state index in [2.05, 4.69) is 26.7 Å². The van der Waals surface area contributed by atoms with Gasteiger partial charge in [-0.15, -0.1) is 11.3 Å². The Labute approximate surface area is 116 Å². The van der Waals surface area contributed by atoms with Gasteiger partial charge in [-0.1, -0.05) is 0 Å². The van der Waals surface area contributed by atoms with Gasteiger partial charge in [0.25, 0.3) is 0 Å². The van der Waals surface area contributed by atoms with Crippen molar-refractivity contribution in [2.24, 2.45) is 0 Å². The maximum absolute atomic E-state index is 9.22. The summed E-state index contributed by atoms with van der Waals surface area (Å²) in [6.07, 6.45) is 2.50. The highest BCUT2D eigenvalue weighted by atomic mass is 32.1. The molecule has 0 unspecified atom stereocenters. The Kier molecular flexibility index (Phi) is 2.96. The first-order chi connectivity index (χ1) is 9.17. The van der Waals surface area contributed by atoms with Crippen LogP contribution in [0.1, 0.15) is 41.4 Å². The molecule has 19 heavy (non-hydrogen) atoms. The van der Waals surface area contributed by atoms with E-state index in [0.717, 1.165) is 22.2 Å². The van der Waals surface area contributed by atoms with E-state index in [9.17, 15) is 5.26 Å². The standard InChI is InChI=1S/C14H14N4S/c1-8-5-12(11(6-15)9(2)16-8)17-14-18-13(7-19-14)10-3-4-10/h5,7,10H,3-4H2,1-2H3,(H,16,17,18). The lowest BCUT2D eigenvalue weighted by atomic mass is 10.1. The summed E-state index contributed by atoms with van der Waals surface area (Å²) in [6.45, 7) is 3.78. The smallest absolute Gasteiger partial charge is 0.187 e. The summed E-state index contributed by atoms with van der Waals surface area (Å²) in [7, 11) is 0. The number of pyridine rings is 1. The van der Waals surface area contributed by atoms with Gasteiger partial charge in [-0.05, 0) is 32.8 Å². The first kappa shape index (κ1) is 12.1. The van der Waals surface area contributed by atoms with E-state index in [0.29, 0.717) is 11.5 Å². The molecule has 2 aromatic rings. The molecular weight excluding hydrogens is 256 g/mol. The Balaban J connectivity index is 1.91. The monoisotopic (exact) mass is 270 g/mol. The quantitative estimate of drug-likeness (QED) is 0.924. The van der Waals surface area contributed by atoms with E-state index >= 15 is 0 Å². The molecule has 96 valence electrons. The molecule has 1 N–H and O–H groups in total. The van der Waals surface area contributed by atoms with Crippen LogP contribution in [0.25, 0.3) is 0 Å². The lowest BCUT2D eigenvalue weighted by Crippen LogP contribution is -1.99. The van der Waals surface area contributed by atoms with Crippen LogP contribution in [0.2, 0.25) is 0 Å². The van der Waals surface area contributed by atoms with Crippen LogP contribution in [0, 0.1) is 25.2 Å². The summed E-state index contributed by atoms with van der Waals surface area (Å²) >= 11 is 1.59. The molecule has 0 saturated heterocycles. The van der Waals surface area contributed by atoms with Gasteiger partial charge in [0.1, 0.15) is 6.07 Å². The summed E-state index contributed by atoms with van der Waals surface area (Å²) in [5.41, 5.74) is 4.22. The average Bonchev–Trinajstić information content (AvgIpc) is 3.10. The molecule has 2 heterocycles. The molecule has 1 saturated carbocycles. The van der Waals surface area contributed by atoms with Crippen LogP contribution in [-0.4, -0.2) is 9.97 Å². The van der Waals surface area contributed by atoms with Crippen LogP contribution in [0.5, 0.6) is 0 Å². The van der Waals surface area contributed by atoms with Crippen molar-refractivity contribution in [2.45, 2.75) is 32.6 Å². The van der Waals surface area contributed by atoms with Crippen LogP contribution in [0.15, 0.2) is 11.4 Å². The van der Waals surface area contributed by atoms with Crippen LogP contribution in [0.4, 0.5) is 10.8 Å². The number of nitrogens with one attached hydrogen (secondary N) is 1. The summed E-state index contributed by atoms with van der Waals surface area (Å²) in [5.74, 6) is 0.656. The molecule has 0 amide bonds. The fraction of sp³-hybridized carbons (Fsp3) is 0.357. The summed E-state index contributed by atoms with van der Waals surface area (Å²) in [5, 5.41) is 15.4. The van der Waals surface area contributed by atoms with E-state index in [4.69, 9.17) is 0 Å². The van der Waals surface area contributed by atoms with Crippen molar-refractivity contribution >= 4 is 22.2 Å². The van der Waals surface area contributed by atoms with Crippen molar-refractivity contribution in [3.8, 4) is 6.07 Å². The number of thiazole rings is 1. The zero-order chi connectivity index (χ0) is 13.4. The maximum Gasteiger partial charge on any atom is 0.187 e. The lowest BCUT2D eigenvalue weighted by Gasteiger charge is -2.08. The van der Waals surface area contributed by atoms with Gasteiger partial charge in [0.05, 0.1) is 22.6 Å². The van der Waals surface area contributed by atoms with Crippen molar-refractivity contribution in [1.29, 1.82) is 5.26 Å². The molecular formula is C14H14N4S. The number of aromatic nitrogens is 2. The topological polar surface area (TPSA) is 61.6 Å². The summed E-state index contributed by atoms with van der Waals surface area (Å²) in [6, 6.07) is 4.10. The van der Waals surface area contributed by atoms with E-state index in [1.165, 1.54) is 18.5 Å². The summed E-state index contributed by atoms with van der Waals surface area (Å²) in [4.78, 5) is 8.89. The minimum Gasteiger partial charge on any atom is -0.330 e. The molecule has 0 radical (unpaired) electrons. The van der Waals surface area contributed by atoms with E-state index in [1.807, 2.05) is 19.9 Å². The second-order valence-corrected chi connectivity index (χ2v) is 5.72. The predicted molar refractivity (Wildman–Crippen MR) is 75.8 cm³/mol. The Morgan fingerprint density at radius 2 is 2.16 bits per heavy atom. The van der Waals surface area contributed by atoms with Gasteiger partial charge >= 0.3 is 0 Å². The molecule has 5 heteroatoms. The van der Waals surface area contributed by atoms with Gasteiger partial charge in [-0.2, -0.15) is 5.26 Å². The van der Waals surface area contributed by atoms with Gasteiger partial charge < -0.3 is 5.32 Å². The van der Waals surface area contributed by atoms with E-state index in [1.54, 1.807) is 11.3 Å². The van der Waals surface area contributed by atoms with E-state index in [-0.39, 0.29) is 0 Å². The van der Waals surface area contributed by atoms with Crippen LogP contribution in [-0.2, 0) is 0 Å². The molecule has 2 aromatic heterocycles. The largest absolute Gasteiger partial charge is 0.330 e. The minimum absolute atomic E-state index is 0.591. The van der Waals surface area contributed by atoms with Crippen molar-refractivity contribution in [3.05, 3.63) is 34.1 Å². The van der Waals surface area contributed by atoms with Gasteiger partial charge in [-0.3, -0.25) is 4.98 Å². The van der Waals surface area contributed by atoms with Gasteiger partial charge in [0.15, 0.2) is 5.13 Å². The first-order valence-corrected chi connectivity index (χ1v) is 7.16. The Bertz CT molecular complexity index is 665. The third-order valence-corrected chi connectivity index (χ3v) is 3.98. The number of nitrogens with zero attached hydrogens (tertiary/aromatic N) is 3. The normalized spacial score (nSPS) is 14.2. The maximum atomic E-state index is 9.22. The molecule has 0 spiro atoms. The zero-order valence-corrected chi connectivity index (χ0v) is 11.7. The SMILES string of the molecule is Cc1cc(Nc2nc(C3CC3)cs2)c(C#N)c(C)n1. The van der Waals surface area contributed by atoms with Crippen molar-refractivity contribution in [2.75, 3.05) is 5.32 Å². The Hall–Kier alpha value is -1.93. The van der Waals surface area contributed by atoms with Gasteiger partial charge in [-0.25, -0.2) is 4.98 Å². The third kappa shape index (κ3) is 2.45. The second kappa shape index (κ2) is 4.63. The summed E-state index contributed by atoms with van der Waals surface area (Å²) < 4.78 is 0. The van der Waals surface area contributed by atoms with Gasteiger partial charge in [0.2, 0.25) is 0 Å². The zero-order valence-electron chi connectivity index (χ0n) is 10.9. The molecule has 1 aliphatic carbocycles. The number of anilines is 2. The Morgan fingerprint density at radius 3 is 2.84 bits per heavy atom. The molecule has 4 nitrogen and oxygen atoms in total. The minimum atomic E-state index is 0.591. The molecule has 0 atom stereocenters. The molecule has 1 fully saturated rings. The Morgan fingerprint density at radius 1 is 1.37 bits per heavy atom. The molecule has 0 aliphatic heterocycles.